The molecule has 4 aromatic rings. The number of ether oxygens (including phenoxy) is 1. The van der Waals surface area contributed by atoms with Crippen LogP contribution >= 0.6 is 0 Å². The van der Waals surface area contributed by atoms with E-state index in [0.717, 1.165) is 100 Å². The summed E-state index contributed by atoms with van der Waals surface area (Å²) in [6.45, 7) is 5.20. The zero-order chi connectivity index (χ0) is 43.9. The predicted molar refractivity (Wildman–Crippen MR) is 230 cm³/mol. The van der Waals surface area contributed by atoms with E-state index < -0.39 is 47.8 Å². The van der Waals surface area contributed by atoms with Crippen LogP contribution in [0.2, 0.25) is 0 Å². The number of nitrogens with one attached hydrogen (secondary N) is 3. The lowest BCUT2D eigenvalue weighted by Gasteiger charge is -2.53. The van der Waals surface area contributed by atoms with Gasteiger partial charge in [-0.25, -0.2) is 18.6 Å². The summed E-state index contributed by atoms with van der Waals surface area (Å²) >= 11 is 0. The number of amides is 5. The van der Waals surface area contributed by atoms with Gasteiger partial charge in [-0.15, -0.1) is 0 Å². The van der Waals surface area contributed by atoms with Crippen molar-refractivity contribution in [1.29, 1.82) is 0 Å². The number of carbonyl (C=O) groups is 5. The van der Waals surface area contributed by atoms with E-state index in [0.29, 0.717) is 47.3 Å². The number of hydrogen-bond acceptors (Lipinski definition) is 11. The third-order valence-corrected chi connectivity index (χ3v) is 15.3. The first kappa shape index (κ1) is 41.0. The predicted octanol–water partition coefficient (Wildman–Crippen LogP) is 5.96. The summed E-state index contributed by atoms with van der Waals surface area (Å²) in [4.78, 5) is 75.1. The van der Waals surface area contributed by atoms with E-state index in [-0.39, 0.29) is 42.3 Å². The molecule has 6 fully saturated rings. The van der Waals surface area contributed by atoms with Crippen LogP contribution in [0.4, 0.5) is 30.8 Å². The second kappa shape index (κ2) is 16.0. The van der Waals surface area contributed by atoms with Crippen LogP contribution in [0.15, 0.2) is 48.8 Å². The molecule has 8 heterocycles. The van der Waals surface area contributed by atoms with Crippen LogP contribution in [0.3, 0.4) is 0 Å². The summed E-state index contributed by atoms with van der Waals surface area (Å²) in [5.41, 5.74) is 1.53. The van der Waals surface area contributed by atoms with Crippen molar-refractivity contribution in [1.82, 2.24) is 34.4 Å². The first-order valence-electron chi connectivity index (χ1n) is 22.8. The molecule has 0 radical (unpaired) electrons. The quantitative estimate of drug-likeness (QED) is 0.160. The SMILES string of the molecule is O=C1CCC(N2C(=O)c3cccc(NCC4CC5(CCN(C[C@H]6CC[C@H](n7cc(NC(=O)n8ccc9ccc(N%10C[C@H]%11CC%10CO%11)nc98)c(C(F)F)n7)CC6)CC5)C4)c3C2=O)C(=O)N1. The maximum Gasteiger partial charge on any atom is 0.331 e. The van der Waals surface area contributed by atoms with Crippen LogP contribution in [0, 0.1) is 17.3 Å². The zero-order valence-electron chi connectivity index (χ0n) is 35.5. The lowest BCUT2D eigenvalue weighted by Crippen LogP contribution is -2.54. The van der Waals surface area contributed by atoms with E-state index in [1.807, 2.05) is 12.1 Å². The summed E-state index contributed by atoms with van der Waals surface area (Å²) < 4.78 is 37.4. The van der Waals surface area contributed by atoms with Crippen LogP contribution < -0.4 is 20.9 Å². The maximum atomic E-state index is 14.3. The molecule has 1 spiro atoms. The minimum absolute atomic E-state index is 0.0129. The molecule has 2 aliphatic carbocycles. The number of anilines is 3. The van der Waals surface area contributed by atoms with Crippen LogP contribution in [0.5, 0.6) is 0 Å². The Bertz CT molecular complexity index is 2540. The van der Waals surface area contributed by atoms with Crippen LogP contribution in [-0.4, -0.2) is 116 Å². The Kier molecular flexibility index (Phi) is 10.3. The molecular formula is C46H52F2N10O6. The van der Waals surface area contributed by atoms with Crippen molar-refractivity contribution in [2.24, 2.45) is 17.3 Å². The fraction of sp³-hybridized carbons (Fsp3) is 0.543. The van der Waals surface area contributed by atoms with E-state index in [9.17, 15) is 32.8 Å². The van der Waals surface area contributed by atoms with Gasteiger partial charge in [-0.3, -0.25) is 38.6 Å². The molecule has 3 atom stereocenters. The number of fused-ring (bicyclic) bond motifs is 4. The highest BCUT2D eigenvalue weighted by Crippen LogP contribution is 2.53. The van der Waals surface area contributed by atoms with Gasteiger partial charge in [-0.1, -0.05) is 6.07 Å². The van der Waals surface area contributed by atoms with Crippen molar-refractivity contribution in [2.45, 2.75) is 101 Å². The number of hydrogen-bond donors (Lipinski definition) is 3. The number of morpholine rings is 1. The molecule has 3 aromatic heterocycles. The van der Waals surface area contributed by atoms with Gasteiger partial charge in [0.15, 0.2) is 11.3 Å². The van der Waals surface area contributed by atoms with E-state index in [2.05, 4.69) is 30.8 Å². The van der Waals surface area contributed by atoms with Crippen molar-refractivity contribution < 1.29 is 37.5 Å². The molecule has 5 aliphatic heterocycles. The van der Waals surface area contributed by atoms with Gasteiger partial charge >= 0.3 is 6.03 Å². The molecule has 5 amide bonds. The lowest BCUT2D eigenvalue weighted by atomic mass is 9.57. The Balaban J connectivity index is 0.645. The molecule has 2 saturated carbocycles. The molecule has 7 aliphatic rings. The molecule has 11 rings (SSSR count). The summed E-state index contributed by atoms with van der Waals surface area (Å²) in [7, 11) is 0. The van der Waals surface area contributed by atoms with Crippen molar-refractivity contribution in [3.63, 3.8) is 0 Å². The number of piperidine rings is 2. The Morgan fingerprint density at radius 2 is 1.75 bits per heavy atom. The highest BCUT2D eigenvalue weighted by Gasteiger charge is 2.48. The van der Waals surface area contributed by atoms with Gasteiger partial charge in [0.1, 0.15) is 11.9 Å². The molecule has 3 N–H and O–H groups in total. The monoisotopic (exact) mass is 878 g/mol. The zero-order valence-corrected chi connectivity index (χ0v) is 35.5. The highest BCUT2D eigenvalue weighted by atomic mass is 19.3. The lowest BCUT2D eigenvalue weighted by molar-refractivity contribution is -0.136. The fourth-order valence-corrected chi connectivity index (χ4v) is 11.8. The number of aromatic nitrogens is 4. The van der Waals surface area contributed by atoms with Gasteiger partial charge in [0, 0.05) is 49.5 Å². The van der Waals surface area contributed by atoms with E-state index >= 15 is 0 Å². The minimum atomic E-state index is -2.85. The molecule has 64 heavy (non-hydrogen) atoms. The standard InChI is InChI=1S/C46H52F2N10O6/c47-40(48)39-34(50-45(63)55-15-12-28-6-10-36(51-41(28)55)56-23-31-18-30(56)25-64-31)24-57(53-39)29-7-4-26(5-8-29)22-54-16-13-46(14-17-54)19-27(20-46)21-49-33-3-1-2-32-38(33)44(62)58(43(32)61)35-9-11-37(59)52-42(35)60/h1-3,6,10,12,15,24,26-27,29-31,35,40,49H,4-5,7-9,11,13-14,16-23,25H2,(H,50,63)(H,52,59,60)/t26-,29-,30?,31-,35?/m1/s1. The van der Waals surface area contributed by atoms with Gasteiger partial charge in [0.25, 0.3) is 18.2 Å². The topological polar surface area (TPSA) is 176 Å². The van der Waals surface area contributed by atoms with Crippen molar-refractivity contribution in [2.75, 3.05) is 54.9 Å². The van der Waals surface area contributed by atoms with Gasteiger partial charge in [0.2, 0.25) is 11.8 Å². The van der Waals surface area contributed by atoms with Crippen LogP contribution in [0.1, 0.15) is 110 Å². The van der Waals surface area contributed by atoms with Crippen molar-refractivity contribution >= 4 is 57.9 Å². The average Bonchev–Trinajstić information content (AvgIpc) is 4.13. The van der Waals surface area contributed by atoms with Crippen LogP contribution in [-0.2, 0) is 14.3 Å². The van der Waals surface area contributed by atoms with Crippen LogP contribution in [0.25, 0.3) is 11.0 Å². The third-order valence-electron chi connectivity index (χ3n) is 15.3. The summed E-state index contributed by atoms with van der Waals surface area (Å²) in [5, 5.41) is 13.5. The maximum absolute atomic E-state index is 14.3. The number of nitrogens with zero attached hydrogens (tertiary/aromatic N) is 7. The first-order valence-corrected chi connectivity index (χ1v) is 22.8. The number of carbonyl (C=O) groups excluding carboxylic acids is 5. The average molecular weight is 879 g/mol. The first-order chi connectivity index (χ1) is 31.0. The van der Waals surface area contributed by atoms with Crippen molar-refractivity contribution in [3.05, 3.63) is 65.6 Å². The molecule has 336 valence electrons. The van der Waals surface area contributed by atoms with Gasteiger partial charge in [0.05, 0.1) is 41.6 Å². The number of benzene rings is 1. The molecular weight excluding hydrogens is 827 g/mol. The second-order valence-electron chi connectivity index (χ2n) is 19.2. The molecule has 4 saturated heterocycles. The molecule has 1 aromatic carbocycles. The normalized spacial score (nSPS) is 26.9. The highest BCUT2D eigenvalue weighted by molar-refractivity contribution is 6.25. The Morgan fingerprint density at radius 3 is 2.48 bits per heavy atom. The summed E-state index contributed by atoms with van der Waals surface area (Å²) in [6.07, 6.45) is 9.76. The largest absolute Gasteiger partial charge is 0.384 e. The Morgan fingerprint density at radius 1 is 0.938 bits per heavy atom. The number of pyridine rings is 1. The molecule has 16 nitrogen and oxygen atoms in total. The Hall–Kier alpha value is -5.75. The van der Waals surface area contributed by atoms with E-state index in [1.165, 1.54) is 4.57 Å². The molecule has 18 heteroatoms. The third kappa shape index (κ3) is 7.31. The summed E-state index contributed by atoms with van der Waals surface area (Å²) in [5.74, 6) is -0.296. The number of halogens is 2. The number of alkyl halides is 2. The number of imide groups is 2. The Labute approximate surface area is 368 Å². The number of rotatable bonds is 10. The van der Waals surface area contributed by atoms with E-state index in [4.69, 9.17) is 9.72 Å². The van der Waals surface area contributed by atoms with Crippen molar-refractivity contribution in [3.8, 4) is 0 Å². The van der Waals surface area contributed by atoms with Gasteiger partial charge in [-0.05, 0) is 125 Å². The summed E-state index contributed by atoms with van der Waals surface area (Å²) in [6, 6.07) is 9.51. The second-order valence-corrected chi connectivity index (χ2v) is 19.2. The smallest absolute Gasteiger partial charge is 0.331 e. The van der Waals surface area contributed by atoms with Gasteiger partial charge in [-0.2, -0.15) is 5.10 Å². The van der Waals surface area contributed by atoms with E-state index in [1.54, 1.807) is 41.3 Å². The van der Waals surface area contributed by atoms with Gasteiger partial charge < -0.3 is 25.2 Å². The fourth-order valence-electron chi connectivity index (χ4n) is 11.8. The number of likely N-dealkylation sites (tertiary alicyclic amines) is 1. The molecule has 2 unspecified atom stereocenters. The minimum Gasteiger partial charge on any atom is -0.384 e. The molecule has 2 bridgehead atoms.